The Morgan fingerprint density at radius 3 is 2.86 bits per heavy atom. The molecule has 0 saturated carbocycles. The molecule has 1 aromatic heterocycles. The number of rotatable bonds is 1. The fraction of sp³-hybridized carbons (Fsp3) is 0.455. The van der Waals surface area contributed by atoms with Crippen molar-refractivity contribution >= 4 is 5.91 Å². The Hall–Kier alpha value is -1.38. The number of carbonyl (C=O) groups is 1. The van der Waals surface area contributed by atoms with E-state index in [-0.39, 0.29) is 11.9 Å². The predicted octanol–water partition coefficient (Wildman–Crippen LogP) is 1.68. The second-order valence-corrected chi connectivity index (χ2v) is 3.85. The first-order chi connectivity index (χ1) is 6.68. The van der Waals surface area contributed by atoms with Gasteiger partial charge in [-0.1, -0.05) is 6.07 Å². The Bertz CT molecular complexity index is 362. The highest BCUT2D eigenvalue weighted by atomic mass is 16.2. The third-order valence-electron chi connectivity index (χ3n) is 2.77. The summed E-state index contributed by atoms with van der Waals surface area (Å²) in [4.78, 5) is 17.3. The molecule has 74 valence electrons. The topological polar surface area (TPSA) is 33.2 Å². The fourth-order valence-corrected chi connectivity index (χ4v) is 1.95. The van der Waals surface area contributed by atoms with Crippen molar-refractivity contribution in [1.29, 1.82) is 0 Å². The number of nitrogens with zero attached hydrogens (tertiary/aromatic N) is 2. The maximum absolute atomic E-state index is 11.3. The van der Waals surface area contributed by atoms with E-state index in [1.54, 1.807) is 0 Å². The maximum atomic E-state index is 11.3. The van der Waals surface area contributed by atoms with Gasteiger partial charge in [-0.05, 0) is 24.5 Å². The van der Waals surface area contributed by atoms with Crippen LogP contribution in [0.2, 0.25) is 0 Å². The Morgan fingerprint density at radius 2 is 2.29 bits per heavy atom. The highest BCUT2D eigenvalue weighted by Crippen LogP contribution is 2.30. The molecular weight excluding hydrogens is 176 g/mol. The summed E-state index contributed by atoms with van der Waals surface area (Å²) in [6, 6.07) is 2.34. The van der Waals surface area contributed by atoms with Crippen molar-refractivity contribution in [2.24, 2.45) is 0 Å². The van der Waals surface area contributed by atoms with Crippen LogP contribution < -0.4 is 0 Å². The normalized spacial score (nSPS) is 21.7. The van der Waals surface area contributed by atoms with Gasteiger partial charge >= 0.3 is 0 Å². The summed E-state index contributed by atoms with van der Waals surface area (Å²) in [5, 5.41) is 0. The minimum absolute atomic E-state index is 0.231. The van der Waals surface area contributed by atoms with Gasteiger partial charge in [-0.3, -0.25) is 9.78 Å². The van der Waals surface area contributed by atoms with Crippen LogP contribution in [0.5, 0.6) is 0 Å². The molecule has 1 aliphatic heterocycles. The second-order valence-electron chi connectivity index (χ2n) is 3.85. The standard InChI is InChI=1S/C11H14N2O/c1-8-5-9(7-12-6-8)10-3-4-11(14)13(10)2/h5-7,10H,3-4H2,1-2H3/t10-/m1/s1. The van der Waals surface area contributed by atoms with E-state index in [1.807, 2.05) is 31.3 Å². The van der Waals surface area contributed by atoms with E-state index < -0.39 is 0 Å². The van der Waals surface area contributed by atoms with Crippen molar-refractivity contribution in [1.82, 2.24) is 9.88 Å². The van der Waals surface area contributed by atoms with Crippen molar-refractivity contribution in [2.45, 2.75) is 25.8 Å². The van der Waals surface area contributed by atoms with E-state index in [9.17, 15) is 4.79 Å². The van der Waals surface area contributed by atoms with Crippen LogP contribution in [-0.2, 0) is 4.79 Å². The van der Waals surface area contributed by atoms with Crippen LogP contribution in [0.15, 0.2) is 18.5 Å². The fourth-order valence-electron chi connectivity index (χ4n) is 1.95. The molecule has 1 amide bonds. The van der Waals surface area contributed by atoms with Gasteiger partial charge in [-0.2, -0.15) is 0 Å². The summed E-state index contributed by atoms with van der Waals surface area (Å²) in [6.45, 7) is 2.02. The molecule has 1 aromatic rings. The van der Waals surface area contributed by atoms with Gasteiger partial charge < -0.3 is 4.90 Å². The van der Waals surface area contributed by atoms with Gasteiger partial charge in [0.2, 0.25) is 5.91 Å². The molecule has 0 aliphatic carbocycles. The number of aromatic nitrogens is 1. The van der Waals surface area contributed by atoms with Crippen molar-refractivity contribution < 1.29 is 4.79 Å². The van der Waals surface area contributed by atoms with Gasteiger partial charge in [0, 0.05) is 25.9 Å². The molecule has 0 radical (unpaired) electrons. The van der Waals surface area contributed by atoms with Gasteiger partial charge in [0.05, 0.1) is 6.04 Å². The molecule has 2 heterocycles. The molecule has 14 heavy (non-hydrogen) atoms. The lowest BCUT2D eigenvalue weighted by atomic mass is 10.1. The molecule has 1 aliphatic rings. The van der Waals surface area contributed by atoms with Crippen molar-refractivity contribution in [3.63, 3.8) is 0 Å². The summed E-state index contributed by atoms with van der Waals surface area (Å²) in [5.41, 5.74) is 2.30. The monoisotopic (exact) mass is 190 g/mol. The quantitative estimate of drug-likeness (QED) is 0.675. The summed E-state index contributed by atoms with van der Waals surface area (Å²) >= 11 is 0. The summed E-state index contributed by atoms with van der Waals surface area (Å²) < 4.78 is 0. The predicted molar refractivity (Wildman–Crippen MR) is 53.7 cm³/mol. The van der Waals surface area contributed by atoms with Crippen molar-refractivity contribution in [3.05, 3.63) is 29.6 Å². The number of amides is 1. The molecule has 0 aromatic carbocycles. The van der Waals surface area contributed by atoms with E-state index in [4.69, 9.17) is 0 Å². The van der Waals surface area contributed by atoms with E-state index in [0.717, 1.165) is 17.5 Å². The first-order valence-electron chi connectivity index (χ1n) is 4.85. The SMILES string of the molecule is Cc1cncc([C@H]2CCC(=O)N2C)c1. The zero-order valence-electron chi connectivity index (χ0n) is 8.53. The van der Waals surface area contributed by atoms with Gasteiger partial charge in [-0.15, -0.1) is 0 Å². The Balaban J connectivity index is 2.28. The minimum atomic E-state index is 0.231. The van der Waals surface area contributed by atoms with Crippen LogP contribution in [-0.4, -0.2) is 22.8 Å². The van der Waals surface area contributed by atoms with E-state index in [2.05, 4.69) is 11.1 Å². The number of pyridine rings is 1. The Kier molecular flexibility index (Phi) is 2.23. The van der Waals surface area contributed by atoms with Crippen molar-refractivity contribution in [3.8, 4) is 0 Å². The summed E-state index contributed by atoms with van der Waals surface area (Å²) in [6.07, 6.45) is 5.27. The number of aryl methyl sites for hydroxylation is 1. The van der Waals surface area contributed by atoms with Crippen LogP contribution in [0.3, 0.4) is 0 Å². The average Bonchev–Trinajstić information content (AvgIpc) is 2.48. The van der Waals surface area contributed by atoms with E-state index in [1.165, 1.54) is 0 Å². The number of likely N-dealkylation sites (tertiary alicyclic amines) is 1. The van der Waals surface area contributed by atoms with Crippen LogP contribution in [0.4, 0.5) is 0 Å². The third-order valence-corrected chi connectivity index (χ3v) is 2.77. The minimum Gasteiger partial charge on any atom is -0.339 e. The highest BCUT2D eigenvalue weighted by molar-refractivity contribution is 5.78. The van der Waals surface area contributed by atoms with E-state index in [0.29, 0.717) is 6.42 Å². The average molecular weight is 190 g/mol. The largest absolute Gasteiger partial charge is 0.339 e. The lowest BCUT2D eigenvalue weighted by molar-refractivity contribution is -0.127. The van der Waals surface area contributed by atoms with Crippen LogP contribution in [0.1, 0.15) is 30.0 Å². The first kappa shape index (κ1) is 9.19. The zero-order chi connectivity index (χ0) is 10.1. The molecule has 0 N–H and O–H groups in total. The smallest absolute Gasteiger partial charge is 0.222 e. The lowest BCUT2D eigenvalue weighted by Crippen LogP contribution is -2.22. The number of hydrogen-bond acceptors (Lipinski definition) is 2. The maximum Gasteiger partial charge on any atom is 0.222 e. The van der Waals surface area contributed by atoms with E-state index >= 15 is 0 Å². The van der Waals surface area contributed by atoms with Crippen LogP contribution >= 0.6 is 0 Å². The molecule has 3 heteroatoms. The highest BCUT2D eigenvalue weighted by Gasteiger charge is 2.28. The molecule has 0 bridgehead atoms. The molecule has 3 nitrogen and oxygen atoms in total. The molecule has 0 unspecified atom stereocenters. The van der Waals surface area contributed by atoms with Crippen LogP contribution in [0, 0.1) is 6.92 Å². The molecule has 1 atom stereocenters. The molecule has 1 fully saturated rings. The number of hydrogen-bond donors (Lipinski definition) is 0. The summed E-state index contributed by atoms with van der Waals surface area (Å²) in [7, 11) is 1.86. The molecule has 2 rings (SSSR count). The Morgan fingerprint density at radius 1 is 1.50 bits per heavy atom. The van der Waals surface area contributed by atoms with Crippen LogP contribution in [0.25, 0.3) is 0 Å². The third kappa shape index (κ3) is 1.50. The van der Waals surface area contributed by atoms with Gasteiger partial charge in [0.1, 0.15) is 0 Å². The Labute approximate surface area is 83.8 Å². The first-order valence-corrected chi connectivity index (χ1v) is 4.85. The zero-order valence-corrected chi connectivity index (χ0v) is 8.53. The summed E-state index contributed by atoms with van der Waals surface area (Å²) in [5.74, 6) is 0.233. The number of carbonyl (C=O) groups excluding carboxylic acids is 1. The molecule has 0 spiro atoms. The van der Waals surface area contributed by atoms with Crippen molar-refractivity contribution in [2.75, 3.05) is 7.05 Å². The molecule has 1 saturated heterocycles. The molecular formula is C11H14N2O. The van der Waals surface area contributed by atoms with Gasteiger partial charge in [0.25, 0.3) is 0 Å². The lowest BCUT2D eigenvalue weighted by Gasteiger charge is -2.19. The van der Waals surface area contributed by atoms with Gasteiger partial charge in [0.15, 0.2) is 0 Å². The second kappa shape index (κ2) is 3.40. The van der Waals surface area contributed by atoms with Gasteiger partial charge in [-0.25, -0.2) is 0 Å².